The standard InChI is InChI=1S/C16H17N3/c17-16(18)14-6-3-7-15-13(14)9-8-11-4-1-2-5-12(11)10-19-15/h1-7,19H,8-10H2,(H3,17,18). The summed E-state index contributed by atoms with van der Waals surface area (Å²) >= 11 is 0. The Hall–Kier alpha value is -2.29. The lowest BCUT2D eigenvalue weighted by Crippen LogP contribution is -2.17. The normalized spacial score (nSPS) is 13.5. The average molecular weight is 251 g/mol. The number of amidine groups is 1. The maximum absolute atomic E-state index is 7.70. The Labute approximate surface area is 113 Å². The second-order valence-corrected chi connectivity index (χ2v) is 4.87. The molecule has 3 nitrogen and oxygen atoms in total. The van der Waals surface area contributed by atoms with Crippen LogP contribution in [0.5, 0.6) is 0 Å². The third-order valence-electron chi connectivity index (χ3n) is 3.70. The second kappa shape index (κ2) is 4.76. The van der Waals surface area contributed by atoms with Gasteiger partial charge in [-0.15, -0.1) is 0 Å². The van der Waals surface area contributed by atoms with Crippen molar-refractivity contribution in [3.8, 4) is 0 Å². The Balaban J connectivity index is 2.02. The predicted molar refractivity (Wildman–Crippen MR) is 78.6 cm³/mol. The van der Waals surface area contributed by atoms with Crippen molar-refractivity contribution in [1.29, 1.82) is 5.41 Å². The summed E-state index contributed by atoms with van der Waals surface area (Å²) in [5.41, 5.74) is 11.5. The van der Waals surface area contributed by atoms with Crippen LogP contribution in [0.1, 0.15) is 22.3 Å². The van der Waals surface area contributed by atoms with Crippen LogP contribution in [0.3, 0.4) is 0 Å². The van der Waals surface area contributed by atoms with Crippen LogP contribution in [0, 0.1) is 5.41 Å². The smallest absolute Gasteiger partial charge is 0.123 e. The van der Waals surface area contributed by atoms with E-state index < -0.39 is 0 Å². The van der Waals surface area contributed by atoms with E-state index in [4.69, 9.17) is 11.1 Å². The summed E-state index contributed by atoms with van der Waals surface area (Å²) in [6, 6.07) is 14.5. The van der Waals surface area contributed by atoms with Gasteiger partial charge in [-0.3, -0.25) is 5.41 Å². The van der Waals surface area contributed by atoms with Crippen LogP contribution in [0.15, 0.2) is 42.5 Å². The molecule has 0 unspecified atom stereocenters. The third kappa shape index (κ3) is 2.19. The van der Waals surface area contributed by atoms with Gasteiger partial charge in [0, 0.05) is 17.8 Å². The Morgan fingerprint density at radius 1 is 1.00 bits per heavy atom. The Morgan fingerprint density at radius 2 is 1.79 bits per heavy atom. The summed E-state index contributed by atoms with van der Waals surface area (Å²) < 4.78 is 0. The van der Waals surface area contributed by atoms with Gasteiger partial charge in [0.1, 0.15) is 5.84 Å². The van der Waals surface area contributed by atoms with E-state index in [1.54, 1.807) is 0 Å². The molecule has 19 heavy (non-hydrogen) atoms. The third-order valence-corrected chi connectivity index (χ3v) is 3.70. The van der Waals surface area contributed by atoms with Crippen molar-refractivity contribution in [2.75, 3.05) is 5.32 Å². The van der Waals surface area contributed by atoms with Crippen LogP contribution in [0.2, 0.25) is 0 Å². The zero-order valence-corrected chi connectivity index (χ0v) is 10.7. The van der Waals surface area contributed by atoms with Crippen LogP contribution in [-0.4, -0.2) is 5.84 Å². The van der Waals surface area contributed by atoms with Crippen molar-refractivity contribution in [2.24, 2.45) is 5.73 Å². The molecule has 1 heterocycles. The molecule has 3 rings (SSSR count). The highest BCUT2D eigenvalue weighted by molar-refractivity contribution is 5.97. The van der Waals surface area contributed by atoms with Crippen LogP contribution >= 0.6 is 0 Å². The second-order valence-electron chi connectivity index (χ2n) is 4.87. The zero-order chi connectivity index (χ0) is 13.2. The molecule has 2 aromatic carbocycles. The van der Waals surface area contributed by atoms with E-state index in [9.17, 15) is 0 Å². The van der Waals surface area contributed by atoms with E-state index in [-0.39, 0.29) is 5.84 Å². The lowest BCUT2D eigenvalue weighted by molar-refractivity contribution is 0.909. The van der Waals surface area contributed by atoms with Gasteiger partial charge in [-0.2, -0.15) is 0 Å². The van der Waals surface area contributed by atoms with E-state index in [2.05, 4.69) is 35.6 Å². The van der Waals surface area contributed by atoms with Crippen molar-refractivity contribution >= 4 is 11.5 Å². The van der Waals surface area contributed by atoms with Crippen molar-refractivity contribution < 1.29 is 0 Å². The fourth-order valence-corrected chi connectivity index (χ4v) is 2.70. The summed E-state index contributed by atoms with van der Waals surface area (Å²) in [5, 5.41) is 11.2. The first-order valence-corrected chi connectivity index (χ1v) is 6.52. The predicted octanol–water partition coefficient (Wildman–Crippen LogP) is 2.68. The molecule has 0 saturated heterocycles. The zero-order valence-electron chi connectivity index (χ0n) is 10.7. The van der Waals surface area contributed by atoms with Crippen molar-refractivity contribution in [3.63, 3.8) is 0 Å². The van der Waals surface area contributed by atoms with Crippen LogP contribution in [0.25, 0.3) is 0 Å². The SMILES string of the molecule is N=C(N)c1cccc2c1CCc1ccccc1CN2. The molecule has 0 aliphatic carbocycles. The van der Waals surface area contributed by atoms with Crippen LogP contribution in [0.4, 0.5) is 5.69 Å². The van der Waals surface area contributed by atoms with Gasteiger partial charge in [0.2, 0.25) is 0 Å². The number of fused-ring (bicyclic) bond motifs is 2. The molecular weight excluding hydrogens is 234 g/mol. The molecule has 0 amide bonds. The lowest BCUT2D eigenvalue weighted by atomic mass is 9.93. The van der Waals surface area contributed by atoms with Gasteiger partial charge in [-0.05, 0) is 35.6 Å². The number of aryl methyl sites for hydroxylation is 1. The van der Waals surface area contributed by atoms with Crippen molar-refractivity contribution in [1.82, 2.24) is 0 Å². The minimum Gasteiger partial charge on any atom is -0.384 e. The first-order valence-electron chi connectivity index (χ1n) is 6.52. The molecule has 0 bridgehead atoms. The van der Waals surface area contributed by atoms with Gasteiger partial charge < -0.3 is 11.1 Å². The van der Waals surface area contributed by atoms with Gasteiger partial charge in [0.15, 0.2) is 0 Å². The minimum atomic E-state index is 0.146. The number of benzene rings is 2. The minimum absolute atomic E-state index is 0.146. The molecule has 0 saturated carbocycles. The fourth-order valence-electron chi connectivity index (χ4n) is 2.70. The molecule has 0 atom stereocenters. The number of anilines is 1. The van der Waals surface area contributed by atoms with E-state index in [1.165, 1.54) is 11.1 Å². The van der Waals surface area contributed by atoms with Crippen LogP contribution in [-0.2, 0) is 19.4 Å². The monoisotopic (exact) mass is 251 g/mol. The molecule has 3 heteroatoms. The molecule has 1 aliphatic heterocycles. The summed E-state index contributed by atoms with van der Waals surface area (Å²) in [6.07, 6.45) is 1.91. The molecule has 96 valence electrons. The average Bonchev–Trinajstić information content (AvgIpc) is 2.40. The maximum atomic E-state index is 7.70. The van der Waals surface area contributed by atoms with Gasteiger partial charge in [0.25, 0.3) is 0 Å². The summed E-state index contributed by atoms with van der Waals surface area (Å²) in [6.45, 7) is 0.824. The van der Waals surface area contributed by atoms with E-state index in [0.29, 0.717) is 0 Å². The fraction of sp³-hybridized carbons (Fsp3) is 0.188. The molecule has 0 fully saturated rings. The van der Waals surface area contributed by atoms with Crippen LogP contribution < -0.4 is 11.1 Å². The first kappa shape index (κ1) is 11.8. The highest BCUT2D eigenvalue weighted by Gasteiger charge is 2.14. The largest absolute Gasteiger partial charge is 0.384 e. The molecule has 0 spiro atoms. The van der Waals surface area contributed by atoms with Gasteiger partial charge in [-0.1, -0.05) is 36.4 Å². The van der Waals surface area contributed by atoms with Gasteiger partial charge in [-0.25, -0.2) is 0 Å². The number of nitrogens with one attached hydrogen (secondary N) is 2. The maximum Gasteiger partial charge on any atom is 0.123 e. The van der Waals surface area contributed by atoms with Gasteiger partial charge >= 0.3 is 0 Å². The first-order chi connectivity index (χ1) is 9.25. The van der Waals surface area contributed by atoms with Crippen molar-refractivity contribution in [2.45, 2.75) is 19.4 Å². The number of nitrogen functional groups attached to an aromatic ring is 1. The van der Waals surface area contributed by atoms with Crippen molar-refractivity contribution in [3.05, 3.63) is 64.7 Å². The Kier molecular flexibility index (Phi) is 2.95. The number of rotatable bonds is 1. The molecule has 4 N–H and O–H groups in total. The van der Waals surface area contributed by atoms with Gasteiger partial charge in [0.05, 0.1) is 0 Å². The van der Waals surface area contributed by atoms with E-state index in [1.807, 2.05) is 12.1 Å². The summed E-state index contributed by atoms with van der Waals surface area (Å²) in [5.74, 6) is 0.146. The molecule has 2 aromatic rings. The van der Waals surface area contributed by atoms with E-state index >= 15 is 0 Å². The Morgan fingerprint density at radius 3 is 2.58 bits per heavy atom. The molecule has 0 radical (unpaired) electrons. The molecule has 1 aliphatic rings. The number of nitrogens with two attached hydrogens (primary N) is 1. The van der Waals surface area contributed by atoms with E-state index in [0.717, 1.165) is 36.2 Å². The summed E-state index contributed by atoms with van der Waals surface area (Å²) in [7, 11) is 0. The quantitative estimate of drug-likeness (QED) is 0.539. The highest BCUT2D eigenvalue weighted by atomic mass is 14.9. The highest BCUT2D eigenvalue weighted by Crippen LogP contribution is 2.26. The molecule has 0 aromatic heterocycles. The number of hydrogen-bond acceptors (Lipinski definition) is 2. The molecular formula is C16H17N3. The number of hydrogen-bond donors (Lipinski definition) is 3. The lowest BCUT2D eigenvalue weighted by Gasteiger charge is -2.20. The summed E-state index contributed by atoms with van der Waals surface area (Å²) in [4.78, 5) is 0. The topological polar surface area (TPSA) is 61.9 Å². The Bertz CT molecular complexity index is 632.